The number of nitrogens with zero attached hydrogens (tertiary/aromatic N) is 5. The Hall–Kier alpha value is -3.35. The molecule has 1 aliphatic heterocycles. The maximum absolute atomic E-state index is 12.2. The minimum absolute atomic E-state index is 0.109. The van der Waals surface area contributed by atoms with Gasteiger partial charge in [-0.05, 0) is 12.8 Å². The summed E-state index contributed by atoms with van der Waals surface area (Å²) in [5, 5.41) is 12.5. The molecular weight excluding hydrogens is 338 g/mol. The second kappa shape index (κ2) is 6.87. The molecule has 2 N–H and O–H groups in total. The van der Waals surface area contributed by atoms with E-state index in [4.69, 9.17) is 0 Å². The molecule has 0 bridgehead atoms. The summed E-state index contributed by atoms with van der Waals surface area (Å²) in [5.74, 6) is 0.528. The second-order valence-corrected chi connectivity index (χ2v) is 6.21. The molecule has 0 radical (unpaired) electrons. The highest BCUT2D eigenvalue weighted by Crippen LogP contribution is 2.18. The van der Waals surface area contributed by atoms with E-state index in [0.717, 1.165) is 17.4 Å². The minimum Gasteiger partial charge on any atom is -0.366 e. The van der Waals surface area contributed by atoms with E-state index < -0.39 is 11.2 Å². The molecule has 0 spiro atoms. The molecule has 2 aromatic rings. The van der Waals surface area contributed by atoms with Gasteiger partial charge < -0.3 is 15.2 Å². The lowest BCUT2D eigenvalue weighted by Gasteiger charge is -2.34. The third kappa shape index (κ3) is 2.99. The molecule has 3 rings (SSSR count). The highest BCUT2D eigenvalue weighted by Gasteiger charge is 2.25. The van der Waals surface area contributed by atoms with Crippen LogP contribution >= 0.6 is 0 Å². The maximum Gasteiger partial charge on any atom is 0.332 e. The van der Waals surface area contributed by atoms with Crippen LogP contribution < -0.4 is 27.0 Å². The molecule has 1 fully saturated rings. The first-order valence-corrected chi connectivity index (χ1v) is 8.19. The van der Waals surface area contributed by atoms with Crippen molar-refractivity contribution >= 4 is 11.6 Å². The third-order valence-electron chi connectivity index (χ3n) is 4.53. The summed E-state index contributed by atoms with van der Waals surface area (Å²) in [6.07, 6.45) is 4.57. The minimum atomic E-state index is -0.632. The van der Waals surface area contributed by atoms with Gasteiger partial charge in [0.05, 0.1) is 0 Å². The lowest BCUT2D eigenvalue weighted by atomic mass is 10.1. The van der Waals surface area contributed by atoms with Crippen LogP contribution in [0.3, 0.4) is 0 Å². The Bertz CT molecular complexity index is 1040. The first-order chi connectivity index (χ1) is 12.4. The fraction of sp³-hybridized carbons (Fsp3) is 0.438. The van der Waals surface area contributed by atoms with Gasteiger partial charge in [-0.15, -0.1) is 0 Å². The number of aromatic nitrogens is 4. The quantitative estimate of drug-likeness (QED) is 0.730. The Morgan fingerprint density at radius 2 is 2.08 bits per heavy atom. The van der Waals surface area contributed by atoms with E-state index >= 15 is 0 Å². The van der Waals surface area contributed by atoms with Crippen LogP contribution in [0.1, 0.15) is 18.4 Å². The van der Waals surface area contributed by atoms with Crippen LogP contribution in [0, 0.1) is 11.3 Å². The highest BCUT2D eigenvalue weighted by molar-refractivity contribution is 5.52. The molecular formula is C16H19N7O3. The molecule has 10 heteroatoms. The lowest BCUT2D eigenvalue weighted by molar-refractivity contribution is 0.520. The zero-order valence-corrected chi connectivity index (χ0v) is 14.5. The average Bonchev–Trinajstić information content (AvgIpc) is 2.65. The van der Waals surface area contributed by atoms with Crippen LogP contribution in [-0.2, 0) is 14.1 Å². The van der Waals surface area contributed by atoms with E-state index in [-0.39, 0.29) is 23.0 Å². The smallest absolute Gasteiger partial charge is 0.332 e. The number of anilines is 2. The van der Waals surface area contributed by atoms with E-state index in [1.54, 1.807) is 0 Å². The molecule has 1 atom stereocenters. The van der Waals surface area contributed by atoms with Crippen molar-refractivity contribution in [1.29, 1.82) is 5.26 Å². The van der Waals surface area contributed by atoms with Crippen LogP contribution in [0.25, 0.3) is 0 Å². The van der Waals surface area contributed by atoms with Gasteiger partial charge in [0.25, 0.3) is 11.1 Å². The molecule has 0 aliphatic carbocycles. The molecule has 2 aromatic heterocycles. The molecule has 10 nitrogen and oxygen atoms in total. The van der Waals surface area contributed by atoms with Crippen molar-refractivity contribution in [3.05, 3.63) is 49.1 Å². The van der Waals surface area contributed by atoms with Gasteiger partial charge in [-0.3, -0.25) is 18.7 Å². The van der Waals surface area contributed by atoms with Crippen molar-refractivity contribution in [2.45, 2.75) is 18.9 Å². The number of nitrogens with one attached hydrogen (secondary N) is 2. The fourth-order valence-corrected chi connectivity index (χ4v) is 3.16. The Kier molecular flexibility index (Phi) is 4.62. The Labute approximate surface area is 148 Å². The van der Waals surface area contributed by atoms with Gasteiger partial charge in [0.1, 0.15) is 11.9 Å². The van der Waals surface area contributed by atoms with Crippen molar-refractivity contribution in [3.8, 4) is 6.07 Å². The van der Waals surface area contributed by atoms with Crippen molar-refractivity contribution in [1.82, 2.24) is 19.1 Å². The summed E-state index contributed by atoms with van der Waals surface area (Å²) in [4.78, 5) is 44.9. The third-order valence-corrected chi connectivity index (χ3v) is 4.53. The zero-order valence-electron chi connectivity index (χ0n) is 14.5. The number of nitriles is 1. The van der Waals surface area contributed by atoms with Crippen molar-refractivity contribution in [3.63, 3.8) is 0 Å². The van der Waals surface area contributed by atoms with Gasteiger partial charge in [0, 0.05) is 45.6 Å². The number of hydrogen-bond donors (Lipinski definition) is 2. The van der Waals surface area contributed by atoms with E-state index in [9.17, 15) is 19.6 Å². The van der Waals surface area contributed by atoms with Gasteiger partial charge >= 0.3 is 5.69 Å². The predicted molar refractivity (Wildman–Crippen MR) is 95.4 cm³/mol. The first-order valence-electron chi connectivity index (χ1n) is 8.19. The normalized spacial score (nSPS) is 17.0. The van der Waals surface area contributed by atoms with Crippen molar-refractivity contribution < 1.29 is 0 Å². The molecule has 0 aromatic carbocycles. The van der Waals surface area contributed by atoms with Gasteiger partial charge in [-0.1, -0.05) is 0 Å². The summed E-state index contributed by atoms with van der Waals surface area (Å²) in [6.45, 7) is 1.15. The lowest BCUT2D eigenvalue weighted by Crippen LogP contribution is -2.46. The van der Waals surface area contributed by atoms with E-state index in [1.807, 2.05) is 11.0 Å². The van der Waals surface area contributed by atoms with Crippen LogP contribution in [0.5, 0.6) is 0 Å². The zero-order chi connectivity index (χ0) is 18.8. The van der Waals surface area contributed by atoms with Gasteiger partial charge in [-0.2, -0.15) is 5.26 Å². The number of H-pyrrole nitrogens is 1. The molecule has 1 saturated heterocycles. The van der Waals surface area contributed by atoms with Crippen molar-refractivity contribution in [2.75, 3.05) is 23.3 Å². The number of aromatic amines is 1. The molecule has 26 heavy (non-hydrogen) atoms. The Morgan fingerprint density at radius 1 is 1.31 bits per heavy atom. The maximum atomic E-state index is 12.2. The van der Waals surface area contributed by atoms with E-state index in [1.165, 1.54) is 31.1 Å². The first kappa shape index (κ1) is 17.5. The highest BCUT2D eigenvalue weighted by atomic mass is 16.2. The monoisotopic (exact) mass is 357 g/mol. The molecule has 0 saturated carbocycles. The summed E-state index contributed by atoms with van der Waals surface area (Å²) in [6, 6.07) is 1.73. The molecule has 3 heterocycles. The molecule has 136 valence electrons. The van der Waals surface area contributed by atoms with Crippen LogP contribution in [0.15, 0.2) is 26.8 Å². The number of piperidine rings is 1. The average molecular weight is 357 g/mol. The molecule has 0 amide bonds. The largest absolute Gasteiger partial charge is 0.366 e. The van der Waals surface area contributed by atoms with E-state index in [0.29, 0.717) is 18.9 Å². The number of hydrogen-bond acceptors (Lipinski definition) is 7. The van der Waals surface area contributed by atoms with Crippen LogP contribution in [-0.4, -0.2) is 38.2 Å². The van der Waals surface area contributed by atoms with Crippen molar-refractivity contribution in [2.24, 2.45) is 14.1 Å². The Morgan fingerprint density at radius 3 is 2.77 bits per heavy atom. The van der Waals surface area contributed by atoms with Gasteiger partial charge in [0.15, 0.2) is 11.4 Å². The van der Waals surface area contributed by atoms with Gasteiger partial charge in [0.2, 0.25) is 0 Å². The Balaban J connectivity index is 1.92. The van der Waals surface area contributed by atoms with Crippen LogP contribution in [0.2, 0.25) is 0 Å². The SMILES string of the molecule is Cn1c(NC2CCCN(c3ncc[nH]c3=O)C2)c(C#N)c(=O)n(C)c1=O. The summed E-state index contributed by atoms with van der Waals surface area (Å²) in [7, 11) is 2.85. The predicted octanol–water partition coefficient (Wildman–Crippen LogP) is -0.880. The molecule has 1 unspecified atom stereocenters. The van der Waals surface area contributed by atoms with Gasteiger partial charge in [-0.25, -0.2) is 9.78 Å². The van der Waals surface area contributed by atoms with Crippen LogP contribution in [0.4, 0.5) is 11.6 Å². The summed E-state index contributed by atoms with van der Waals surface area (Å²) < 4.78 is 2.16. The topological polar surface area (TPSA) is 129 Å². The van der Waals surface area contributed by atoms with E-state index in [2.05, 4.69) is 15.3 Å². The number of rotatable bonds is 3. The summed E-state index contributed by atoms with van der Waals surface area (Å²) in [5.41, 5.74) is -1.52. The standard InChI is InChI=1S/C16H19N7O3/c1-21-12(11(8-17)15(25)22(2)16(21)26)20-10-4-3-7-23(9-10)13-14(24)19-6-5-18-13/h5-6,10,20H,3-4,7,9H2,1-2H3,(H,19,24). The summed E-state index contributed by atoms with van der Waals surface area (Å²) >= 11 is 0. The molecule has 1 aliphatic rings. The fourth-order valence-electron chi connectivity index (χ4n) is 3.16. The second-order valence-electron chi connectivity index (χ2n) is 6.21.